The molecule has 19 heavy (non-hydrogen) atoms. The van der Waals surface area contributed by atoms with Crippen molar-refractivity contribution in [2.45, 2.75) is 38.8 Å². The number of aromatic nitrogens is 2. The van der Waals surface area contributed by atoms with Gasteiger partial charge in [-0.05, 0) is 31.0 Å². The van der Waals surface area contributed by atoms with Gasteiger partial charge in [-0.15, -0.1) is 0 Å². The molecule has 0 saturated heterocycles. The molecular formula is C15H19BrN2O. The fourth-order valence-electron chi connectivity index (χ4n) is 2.27. The highest BCUT2D eigenvalue weighted by Gasteiger charge is 2.29. The van der Waals surface area contributed by atoms with Crippen LogP contribution in [0, 0.1) is 0 Å². The smallest absolute Gasteiger partial charge is 0.111 e. The number of rotatable bonds is 5. The van der Waals surface area contributed by atoms with Crippen molar-refractivity contribution in [2.24, 2.45) is 0 Å². The maximum atomic E-state index is 10.9. The van der Waals surface area contributed by atoms with Gasteiger partial charge in [-0.25, -0.2) is 4.98 Å². The van der Waals surface area contributed by atoms with Gasteiger partial charge in [-0.3, -0.25) is 0 Å². The van der Waals surface area contributed by atoms with Crippen LogP contribution in [0.25, 0.3) is 0 Å². The largest absolute Gasteiger partial charge is 0.385 e. The lowest BCUT2D eigenvalue weighted by molar-refractivity contribution is 0.0298. The van der Waals surface area contributed by atoms with Crippen LogP contribution in [0.3, 0.4) is 0 Å². The second-order valence-electron chi connectivity index (χ2n) is 4.70. The fraction of sp³-hybridized carbons (Fsp3) is 0.400. The summed E-state index contributed by atoms with van der Waals surface area (Å²) < 4.78 is 3.05. The Bertz CT molecular complexity index is 553. The SMILES string of the molecule is CCn1ccnc1CC(O)(CC)c1cccc(Br)c1. The average molecular weight is 323 g/mol. The van der Waals surface area contributed by atoms with Crippen molar-refractivity contribution >= 4 is 15.9 Å². The van der Waals surface area contributed by atoms with Crippen LogP contribution in [0.15, 0.2) is 41.1 Å². The summed E-state index contributed by atoms with van der Waals surface area (Å²) >= 11 is 3.46. The topological polar surface area (TPSA) is 38.0 Å². The van der Waals surface area contributed by atoms with Crippen LogP contribution in [-0.2, 0) is 18.6 Å². The minimum absolute atomic E-state index is 0.529. The molecule has 102 valence electrons. The molecule has 0 aliphatic rings. The maximum Gasteiger partial charge on any atom is 0.111 e. The zero-order chi connectivity index (χ0) is 13.9. The van der Waals surface area contributed by atoms with Crippen LogP contribution in [0.4, 0.5) is 0 Å². The van der Waals surface area contributed by atoms with E-state index in [4.69, 9.17) is 0 Å². The Kier molecular flexibility index (Phi) is 4.42. The molecule has 1 heterocycles. The summed E-state index contributed by atoms with van der Waals surface area (Å²) in [6, 6.07) is 7.86. The molecule has 0 aliphatic carbocycles. The highest BCUT2D eigenvalue weighted by molar-refractivity contribution is 9.10. The minimum atomic E-state index is -0.873. The number of hydrogen-bond donors (Lipinski definition) is 1. The van der Waals surface area contributed by atoms with Crippen LogP contribution in [0.2, 0.25) is 0 Å². The van der Waals surface area contributed by atoms with Gasteiger partial charge in [-0.2, -0.15) is 0 Å². The second-order valence-corrected chi connectivity index (χ2v) is 5.62. The van der Waals surface area contributed by atoms with Gasteiger partial charge in [0.25, 0.3) is 0 Å². The van der Waals surface area contributed by atoms with Crippen molar-refractivity contribution in [3.8, 4) is 0 Å². The van der Waals surface area contributed by atoms with E-state index < -0.39 is 5.60 Å². The van der Waals surface area contributed by atoms with Crippen LogP contribution in [0.1, 0.15) is 31.7 Å². The van der Waals surface area contributed by atoms with Crippen molar-refractivity contribution in [1.29, 1.82) is 0 Å². The maximum absolute atomic E-state index is 10.9. The molecule has 0 amide bonds. The van der Waals surface area contributed by atoms with Gasteiger partial charge in [0.1, 0.15) is 5.82 Å². The minimum Gasteiger partial charge on any atom is -0.385 e. The summed E-state index contributed by atoms with van der Waals surface area (Å²) in [4.78, 5) is 4.36. The molecule has 1 N–H and O–H groups in total. The first-order valence-electron chi connectivity index (χ1n) is 6.57. The third-order valence-electron chi connectivity index (χ3n) is 3.54. The Morgan fingerprint density at radius 2 is 2.16 bits per heavy atom. The quantitative estimate of drug-likeness (QED) is 0.914. The summed E-state index contributed by atoms with van der Waals surface area (Å²) in [6.45, 7) is 4.95. The lowest BCUT2D eigenvalue weighted by Crippen LogP contribution is -2.29. The molecule has 4 heteroatoms. The monoisotopic (exact) mass is 322 g/mol. The van der Waals surface area contributed by atoms with Gasteiger partial charge in [0.05, 0.1) is 5.60 Å². The number of aryl methyl sites for hydroxylation is 1. The lowest BCUT2D eigenvalue weighted by Gasteiger charge is -2.27. The Balaban J connectivity index is 2.33. The Morgan fingerprint density at radius 1 is 1.37 bits per heavy atom. The third kappa shape index (κ3) is 3.07. The summed E-state index contributed by atoms with van der Waals surface area (Å²) in [7, 11) is 0. The third-order valence-corrected chi connectivity index (χ3v) is 4.03. The van der Waals surface area contributed by atoms with Crippen molar-refractivity contribution in [1.82, 2.24) is 9.55 Å². The van der Waals surface area contributed by atoms with E-state index in [9.17, 15) is 5.11 Å². The van der Waals surface area contributed by atoms with Gasteiger partial charge in [0.2, 0.25) is 0 Å². The van der Waals surface area contributed by atoms with Gasteiger partial charge in [-0.1, -0.05) is 35.0 Å². The number of aliphatic hydroxyl groups is 1. The van der Waals surface area contributed by atoms with Crippen LogP contribution >= 0.6 is 15.9 Å². The first-order valence-corrected chi connectivity index (χ1v) is 7.37. The van der Waals surface area contributed by atoms with Gasteiger partial charge in [0, 0.05) is 29.8 Å². The number of hydrogen-bond acceptors (Lipinski definition) is 2. The Morgan fingerprint density at radius 3 is 2.79 bits per heavy atom. The first-order chi connectivity index (χ1) is 9.09. The van der Waals surface area contributed by atoms with Gasteiger partial charge >= 0.3 is 0 Å². The standard InChI is InChI=1S/C15H19BrN2O/c1-3-15(19,12-6-5-7-13(16)10-12)11-14-17-8-9-18(14)4-2/h5-10,19H,3-4,11H2,1-2H3. The number of halogens is 1. The summed E-state index contributed by atoms with van der Waals surface area (Å²) in [5.74, 6) is 0.923. The number of imidazole rings is 1. The van der Waals surface area contributed by atoms with E-state index in [2.05, 4.69) is 32.4 Å². The van der Waals surface area contributed by atoms with E-state index in [1.807, 2.05) is 37.4 Å². The molecule has 2 rings (SSSR count). The molecule has 1 aromatic carbocycles. The van der Waals surface area contributed by atoms with E-state index in [0.29, 0.717) is 12.8 Å². The number of benzene rings is 1. The molecule has 0 radical (unpaired) electrons. The molecular weight excluding hydrogens is 304 g/mol. The van der Waals surface area contributed by atoms with E-state index >= 15 is 0 Å². The van der Waals surface area contributed by atoms with Gasteiger partial charge in [0.15, 0.2) is 0 Å². The second kappa shape index (κ2) is 5.88. The summed E-state index contributed by atoms with van der Waals surface area (Å²) in [5, 5.41) is 10.9. The van der Waals surface area contributed by atoms with E-state index in [1.54, 1.807) is 6.20 Å². The Labute approximate surface area is 122 Å². The molecule has 1 atom stereocenters. The first kappa shape index (κ1) is 14.3. The highest BCUT2D eigenvalue weighted by atomic mass is 79.9. The predicted molar refractivity (Wildman–Crippen MR) is 79.9 cm³/mol. The fourth-order valence-corrected chi connectivity index (χ4v) is 2.67. The zero-order valence-corrected chi connectivity index (χ0v) is 12.9. The zero-order valence-electron chi connectivity index (χ0n) is 11.3. The van der Waals surface area contributed by atoms with Crippen molar-refractivity contribution in [3.63, 3.8) is 0 Å². The molecule has 0 fully saturated rings. The van der Waals surface area contributed by atoms with Crippen molar-refractivity contribution < 1.29 is 5.11 Å². The highest BCUT2D eigenvalue weighted by Crippen LogP contribution is 2.30. The summed E-state index contributed by atoms with van der Waals surface area (Å²) in [6.07, 6.45) is 4.92. The van der Waals surface area contributed by atoms with Crippen LogP contribution in [0.5, 0.6) is 0 Å². The molecule has 0 saturated carbocycles. The normalized spacial score (nSPS) is 14.3. The average Bonchev–Trinajstić information content (AvgIpc) is 2.85. The van der Waals surface area contributed by atoms with Crippen molar-refractivity contribution in [2.75, 3.05) is 0 Å². The van der Waals surface area contributed by atoms with Crippen LogP contribution in [-0.4, -0.2) is 14.7 Å². The molecule has 1 unspecified atom stereocenters. The van der Waals surface area contributed by atoms with E-state index in [1.165, 1.54) is 0 Å². The van der Waals surface area contributed by atoms with Crippen molar-refractivity contribution in [3.05, 3.63) is 52.5 Å². The molecule has 0 aliphatic heterocycles. The summed E-state index contributed by atoms with van der Waals surface area (Å²) in [5.41, 5.74) is 0.0530. The number of nitrogens with zero attached hydrogens (tertiary/aromatic N) is 2. The van der Waals surface area contributed by atoms with Crippen LogP contribution < -0.4 is 0 Å². The predicted octanol–water partition coefficient (Wildman–Crippen LogP) is 3.51. The molecule has 0 bridgehead atoms. The molecule has 0 spiro atoms. The lowest BCUT2D eigenvalue weighted by atomic mass is 9.87. The molecule has 2 aromatic rings. The molecule has 3 nitrogen and oxygen atoms in total. The van der Waals surface area contributed by atoms with E-state index in [0.717, 1.165) is 22.4 Å². The molecule has 1 aromatic heterocycles. The van der Waals surface area contributed by atoms with Gasteiger partial charge < -0.3 is 9.67 Å². The van der Waals surface area contributed by atoms with E-state index in [-0.39, 0.29) is 0 Å². The Hall–Kier alpha value is -1.13.